The molecule has 2 fully saturated rings. The van der Waals surface area contributed by atoms with Gasteiger partial charge in [0.05, 0.1) is 6.61 Å². The Hall–Kier alpha value is -1.39. The van der Waals surface area contributed by atoms with E-state index in [1.54, 1.807) is 0 Å². The summed E-state index contributed by atoms with van der Waals surface area (Å²) in [5.74, 6) is 0.0295. The van der Waals surface area contributed by atoms with Gasteiger partial charge in [0.1, 0.15) is 6.10 Å². The third-order valence-electron chi connectivity index (χ3n) is 4.13. The third kappa shape index (κ3) is 3.19. The van der Waals surface area contributed by atoms with Gasteiger partial charge in [-0.2, -0.15) is 0 Å². The molecule has 1 atom stereocenters. The molecule has 1 aliphatic heterocycles. The highest BCUT2D eigenvalue weighted by Crippen LogP contribution is 2.38. The second-order valence-corrected chi connectivity index (χ2v) is 6.00. The van der Waals surface area contributed by atoms with Gasteiger partial charge in [-0.15, -0.1) is 0 Å². The molecule has 0 aromatic heterocycles. The number of morpholine rings is 1. The molecule has 1 aromatic rings. The molecule has 1 saturated heterocycles. The molecule has 1 unspecified atom stereocenters. The summed E-state index contributed by atoms with van der Waals surface area (Å²) in [5, 5.41) is 6.39. The predicted octanol–water partition coefficient (Wildman–Crippen LogP) is 1.17. The van der Waals surface area contributed by atoms with Crippen LogP contribution in [-0.2, 0) is 16.0 Å². The Bertz CT molecular complexity index is 474. The maximum absolute atomic E-state index is 12.2. The molecule has 108 valence electrons. The van der Waals surface area contributed by atoms with Crippen LogP contribution in [0.25, 0.3) is 0 Å². The summed E-state index contributed by atoms with van der Waals surface area (Å²) in [6.07, 6.45) is 2.71. The molecule has 4 nitrogen and oxygen atoms in total. The van der Waals surface area contributed by atoms with E-state index in [0.717, 1.165) is 25.8 Å². The van der Waals surface area contributed by atoms with Gasteiger partial charge in [0, 0.05) is 18.6 Å². The number of carbonyl (C=O) groups excluding carboxylic acids is 1. The number of hydrogen-bond donors (Lipinski definition) is 2. The fourth-order valence-electron chi connectivity index (χ4n) is 2.67. The number of ether oxygens (including phenoxy) is 1. The van der Waals surface area contributed by atoms with Crippen molar-refractivity contribution in [3.8, 4) is 0 Å². The number of benzene rings is 1. The van der Waals surface area contributed by atoms with Crippen molar-refractivity contribution in [3.05, 3.63) is 35.4 Å². The normalized spacial score (nSPS) is 24.1. The highest BCUT2D eigenvalue weighted by molar-refractivity contribution is 5.82. The average Bonchev–Trinajstić information content (AvgIpc) is 3.22. The van der Waals surface area contributed by atoms with Gasteiger partial charge in [-0.25, -0.2) is 0 Å². The lowest BCUT2D eigenvalue weighted by Gasteiger charge is -2.26. The van der Waals surface area contributed by atoms with Crippen LogP contribution in [0.15, 0.2) is 24.3 Å². The summed E-state index contributed by atoms with van der Waals surface area (Å²) in [7, 11) is 0. The van der Waals surface area contributed by atoms with Crippen LogP contribution in [0.2, 0.25) is 0 Å². The Labute approximate surface area is 119 Å². The van der Waals surface area contributed by atoms with Crippen LogP contribution in [0.3, 0.4) is 0 Å². The van der Waals surface area contributed by atoms with Gasteiger partial charge >= 0.3 is 0 Å². The van der Waals surface area contributed by atoms with Gasteiger partial charge < -0.3 is 15.4 Å². The first-order valence-electron chi connectivity index (χ1n) is 7.37. The van der Waals surface area contributed by atoms with Crippen LogP contribution in [-0.4, -0.2) is 37.2 Å². The predicted molar refractivity (Wildman–Crippen MR) is 77.6 cm³/mol. The second kappa shape index (κ2) is 5.54. The van der Waals surface area contributed by atoms with Crippen LogP contribution >= 0.6 is 0 Å². The van der Waals surface area contributed by atoms with Gasteiger partial charge in [0.25, 0.3) is 5.91 Å². The third-order valence-corrected chi connectivity index (χ3v) is 4.13. The summed E-state index contributed by atoms with van der Waals surface area (Å²) < 4.78 is 5.50. The Morgan fingerprint density at radius 3 is 2.75 bits per heavy atom. The standard InChI is InChI=1S/C16H22N2O2/c1-12-2-4-13(5-3-12)10-16(6-7-16)18-15(19)14-11-17-8-9-20-14/h2-5,14,17H,6-11H2,1H3,(H,18,19). The van der Waals surface area contributed by atoms with Gasteiger partial charge in [0.2, 0.25) is 0 Å². The van der Waals surface area contributed by atoms with E-state index in [1.807, 2.05) is 0 Å². The van der Waals surface area contributed by atoms with Gasteiger partial charge in [-0.3, -0.25) is 4.79 Å². The number of rotatable bonds is 4. The molecule has 1 saturated carbocycles. The molecule has 1 aliphatic carbocycles. The SMILES string of the molecule is Cc1ccc(CC2(NC(=O)C3CNCCO3)CC2)cc1. The number of aryl methyl sites for hydroxylation is 1. The lowest BCUT2D eigenvalue weighted by molar-refractivity contribution is -0.135. The van der Waals surface area contributed by atoms with Gasteiger partial charge in [-0.1, -0.05) is 29.8 Å². The number of carbonyl (C=O) groups is 1. The molecule has 1 amide bonds. The first-order chi connectivity index (χ1) is 9.67. The van der Waals surface area contributed by atoms with Crippen LogP contribution in [0, 0.1) is 6.92 Å². The molecule has 4 heteroatoms. The van der Waals surface area contributed by atoms with Crippen molar-refractivity contribution in [1.29, 1.82) is 0 Å². The highest BCUT2D eigenvalue weighted by Gasteiger charge is 2.45. The summed E-state index contributed by atoms with van der Waals surface area (Å²) in [4.78, 5) is 12.2. The zero-order chi connectivity index (χ0) is 14.0. The first-order valence-corrected chi connectivity index (χ1v) is 7.37. The lowest BCUT2D eigenvalue weighted by atomic mass is 10.0. The Morgan fingerprint density at radius 2 is 2.15 bits per heavy atom. The monoisotopic (exact) mass is 274 g/mol. The van der Waals surface area contributed by atoms with Crippen molar-refractivity contribution in [1.82, 2.24) is 10.6 Å². The van der Waals surface area contributed by atoms with E-state index in [-0.39, 0.29) is 17.6 Å². The molecule has 0 radical (unpaired) electrons. The molecule has 2 N–H and O–H groups in total. The van der Waals surface area contributed by atoms with Crippen molar-refractivity contribution < 1.29 is 9.53 Å². The van der Waals surface area contributed by atoms with Crippen LogP contribution in [0.5, 0.6) is 0 Å². The molecule has 1 heterocycles. The first kappa shape index (κ1) is 13.6. The molecule has 0 bridgehead atoms. The van der Waals surface area contributed by atoms with Crippen molar-refractivity contribution in [2.45, 2.75) is 37.8 Å². The highest BCUT2D eigenvalue weighted by atomic mass is 16.5. The van der Waals surface area contributed by atoms with Crippen molar-refractivity contribution >= 4 is 5.91 Å². The summed E-state index contributed by atoms with van der Waals surface area (Å²) >= 11 is 0. The largest absolute Gasteiger partial charge is 0.366 e. The molecule has 2 aliphatic rings. The number of nitrogens with one attached hydrogen (secondary N) is 2. The van der Waals surface area contributed by atoms with Gasteiger partial charge in [0.15, 0.2) is 0 Å². The second-order valence-electron chi connectivity index (χ2n) is 6.00. The van der Waals surface area contributed by atoms with E-state index in [9.17, 15) is 4.79 Å². The Morgan fingerprint density at radius 1 is 1.40 bits per heavy atom. The minimum absolute atomic E-state index is 0.0295. The van der Waals surface area contributed by atoms with Crippen molar-refractivity contribution in [2.24, 2.45) is 0 Å². The maximum Gasteiger partial charge on any atom is 0.250 e. The van der Waals surface area contributed by atoms with E-state index in [1.165, 1.54) is 11.1 Å². The van der Waals surface area contributed by atoms with E-state index >= 15 is 0 Å². The van der Waals surface area contributed by atoms with Crippen LogP contribution in [0.4, 0.5) is 0 Å². The van der Waals surface area contributed by atoms with E-state index in [2.05, 4.69) is 41.8 Å². The van der Waals surface area contributed by atoms with Crippen LogP contribution in [0.1, 0.15) is 24.0 Å². The molecular formula is C16H22N2O2. The topological polar surface area (TPSA) is 50.4 Å². The van der Waals surface area contributed by atoms with E-state index < -0.39 is 0 Å². The smallest absolute Gasteiger partial charge is 0.250 e. The summed E-state index contributed by atoms with van der Waals surface area (Å²) in [6.45, 7) is 4.15. The minimum Gasteiger partial charge on any atom is -0.366 e. The van der Waals surface area contributed by atoms with E-state index in [0.29, 0.717) is 13.2 Å². The maximum atomic E-state index is 12.2. The minimum atomic E-state index is -0.334. The van der Waals surface area contributed by atoms with Crippen molar-refractivity contribution in [3.63, 3.8) is 0 Å². The van der Waals surface area contributed by atoms with Crippen molar-refractivity contribution in [2.75, 3.05) is 19.7 Å². The molecule has 20 heavy (non-hydrogen) atoms. The zero-order valence-electron chi connectivity index (χ0n) is 11.9. The lowest BCUT2D eigenvalue weighted by Crippen LogP contribution is -2.51. The Kier molecular flexibility index (Phi) is 3.76. The fourth-order valence-corrected chi connectivity index (χ4v) is 2.67. The Balaban J connectivity index is 1.58. The average molecular weight is 274 g/mol. The zero-order valence-corrected chi connectivity index (χ0v) is 11.9. The molecule has 1 aromatic carbocycles. The van der Waals surface area contributed by atoms with E-state index in [4.69, 9.17) is 4.74 Å². The van der Waals surface area contributed by atoms with Crippen LogP contribution < -0.4 is 10.6 Å². The number of hydrogen-bond acceptors (Lipinski definition) is 3. The number of amides is 1. The fraction of sp³-hybridized carbons (Fsp3) is 0.562. The summed E-state index contributed by atoms with van der Waals surface area (Å²) in [5.41, 5.74) is 2.52. The molecule has 3 rings (SSSR count). The van der Waals surface area contributed by atoms with Gasteiger partial charge in [-0.05, 0) is 31.7 Å². The molecule has 0 spiro atoms. The molecular weight excluding hydrogens is 252 g/mol. The summed E-state index contributed by atoms with van der Waals surface area (Å²) in [6, 6.07) is 8.56. The quantitative estimate of drug-likeness (QED) is 0.866.